The topological polar surface area (TPSA) is 32.9 Å². The second-order valence-electron chi connectivity index (χ2n) is 3.01. The summed E-state index contributed by atoms with van der Waals surface area (Å²) in [5.74, 6) is -2.69. The second kappa shape index (κ2) is 3.65. The molecule has 2 nitrogen and oxygen atoms in total. The highest BCUT2D eigenvalue weighted by Gasteiger charge is 2.16. The number of hydrogen-bond donors (Lipinski definition) is 1. The van der Waals surface area contributed by atoms with E-state index >= 15 is 0 Å². The molecule has 1 heterocycles. The molecule has 0 amide bonds. The van der Waals surface area contributed by atoms with Gasteiger partial charge in [-0.15, -0.1) is 0 Å². The molecule has 0 atom stereocenters. The van der Waals surface area contributed by atoms with Crippen molar-refractivity contribution in [1.82, 2.24) is 4.98 Å². The SMILES string of the molecule is O=C(c1ccc[nH]1)c1cccc(F)c1F. The Labute approximate surface area is 84.6 Å². The van der Waals surface area contributed by atoms with Gasteiger partial charge in [-0.2, -0.15) is 0 Å². The Balaban J connectivity index is 2.47. The zero-order chi connectivity index (χ0) is 10.8. The van der Waals surface area contributed by atoms with E-state index in [1.54, 1.807) is 12.3 Å². The van der Waals surface area contributed by atoms with Gasteiger partial charge in [-0.3, -0.25) is 4.79 Å². The van der Waals surface area contributed by atoms with E-state index in [0.29, 0.717) is 0 Å². The van der Waals surface area contributed by atoms with Gasteiger partial charge in [0.05, 0.1) is 11.3 Å². The van der Waals surface area contributed by atoms with Crippen molar-refractivity contribution >= 4 is 5.78 Å². The summed E-state index contributed by atoms with van der Waals surface area (Å²) in [5, 5.41) is 0. The quantitative estimate of drug-likeness (QED) is 0.754. The van der Waals surface area contributed by atoms with Crippen molar-refractivity contribution < 1.29 is 13.6 Å². The van der Waals surface area contributed by atoms with E-state index in [-0.39, 0.29) is 11.3 Å². The van der Waals surface area contributed by atoms with Crippen LogP contribution >= 0.6 is 0 Å². The van der Waals surface area contributed by atoms with Crippen LogP contribution in [0.15, 0.2) is 36.5 Å². The monoisotopic (exact) mass is 207 g/mol. The standard InChI is InChI=1S/C11H7F2NO/c12-8-4-1-3-7(10(8)13)11(15)9-5-2-6-14-9/h1-6,14H. The molecule has 15 heavy (non-hydrogen) atoms. The number of rotatable bonds is 2. The number of ketones is 1. The molecular weight excluding hydrogens is 200 g/mol. The van der Waals surface area contributed by atoms with Gasteiger partial charge in [-0.05, 0) is 24.3 Å². The minimum Gasteiger partial charge on any atom is -0.359 e. The van der Waals surface area contributed by atoms with Crippen molar-refractivity contribution in [1.29, 1.82) is 0 Å². The van der Waals surface area contributed by atoms with Gasteiger partial charge in [-0.1, -0.05) is 6.07 Å². The largest absolute Gasteiger partial charge is 0.359 e. The molecule has 0 saturated heterocycles. The third kappa shape index (κ3) is 1.66. The van der Waals surface area contributed by atoms with Crippen molar-refractivity contribution in [2.75, 3.05) is 0 Å². The molecule has 1 aromatic heterocycles. The van der Waals surface area contributed by atoms with Gasteiger partial charge in [0.1, 0.15) is 0 Å². The lowest BCUT2D eigenvalue weighted by Gasteiger charge is -2.00. The molecule has 0 bridgehead atoms. The Morgan fingerprint density at radius 3 is 2.60 bits per heavy atom. The maximum absolute atomic E-state index is 13.2. The Hall–Kier alpha value is -1.97. The van der Waals surface area contributed by atoms with E-state index in [9.17, 15) is 13.6 Å². The second-order valence-corrected chi connectivity index (χ2v) is 3.01. The number of carbonyl (C=O) groups excluding carboxylic acids is 1. The number of halogens is 2. The summed E-state index contributed by atoms with van der Waals surface area (Å²) in [5.41, 5.74) is -0.0306. The van der Waals surface area contributed by atoms with E-state index in [1.165, 1.54) is 18.2 Å². The van der Waals surface area contributed by atoms with Gasteiger partial charge in [-0.25, -0.2) is 8.78 Å². The predicted octanol–water partition coefficient (Wildman–Crippen LogP) is 2.52. The highest BCUT2D eigenvalue weighted by Crippen LogP contribution is 2.14. The molecule has 1 aromatic carbocycles. The maximum atomic E-state index is 13.2. The van der Waals surface area contributed by atoms with Crippen molar-refractivity contribution in [3.63, 3.8) is 0 Å². The fourth-order valence-corrected chi connectivity index (χ4v) is 1.30. The molecule has 0 spiro atoms. The van der Waals surface area contributed by atoms with Gasteiger partial charge in [0.15, 0.2) is 11.6 Å². The Morgan fingerprint density at radius 2 is 1.93 bits per heavy atom. The van der Waals surface area contributed by atoms with Gasteiger partial charge < -0.3 is 4.98 Å². The fourth-order valence-electron chi connectivity index (χ4n) is 1.30. The summed E-state index contributed by atoms with van der Waals surface area (Å²) in [7, 11) is 0. The van der Waals surface area contributed by atoms with Crippen LogP contribution in [-0.2, 0) is 0 Å². The van der Waals surface area contributed by atoms with Crippen LogP contribution < -0.4 is 0 Å². The van der Waals surface area contributed by atoms with Crippen molar-refractivity contribution in [2.24, 2.45) is 0 Å². The number of benzene rings is 1. The smallest absolute Gasteiger partial charge is 0.212 e. The maximum Gasteiger partial charge on any atom is 0.212 e. The average Bonchev–Trinajstić information content (AvgIpc) is 2.74. The third-order valence-electron chi connectivity index (χ3n) is 2.04. The molecule has 4 heteroatoms. The molecule has 0 saturated carbocycles. The van der Waals surface area contributed by atoms with E-state index in [0.717, 1.165) is 6.07 Å². The fraction of sp³-hybridized carbons (Fsp3) is 0. The lowest BCUT2D eigenvalue weighted by Crippen LogP contribution is -2.05. The van der Waals surface area contributed by atoms with Gasteiger partial charge >= 0.3 is 0 Å². The predicted molar refractivity (Wildman–Crippen MR) is 50.6 cm³/mol. The van der Waals surface area contributed by atoms with Gasteiger partial charge in [0.25, 0.3) is 0 Å². The summed E-state index contributed by atoms with van der Waals surface area (Å²) in [6, 6.07) is 6.65. The van der Waals surface area contributed by atoms with Crippen LogP contribution in [0.5, 0.6) is 0 Å². The zero-order valence-electron chi connectivity index (χ0n) is 7.63. The highest BCUT2D eigenvalue weighted by atomic mass is 19.2. The summed E-state index contributed by atoms with van der Waals surface area (Å²) >= 11 is 0. The van der Waals surface area contributed by atoms with Crippen molar-refractivity contribution in [2.45, 2.75) is 0 Å². The molecule has 0 aliphatic rings. The Morgan fingerprint density at radius 1 is 1.13 bits per heavy atom. The first-order valence-electron chi connectivity index (χ1n) is 4.32. The molecule has 2 rings (SSSR count). The van der Waals surface area contributed by atoms with Crippen LogP contribution in [0.3, 0.4) is 0 Å². The number of hydrogen-bond acceptors (Lipinski definition) is 1. The summed E-state index contributed by atoms with van der Waals surface area (Å²) in [6.07, 6.45) is 1.55. The lowest BCUT2D eigenvalue weighted by molar-refractivity contribution is 0.103. The summed E-state index contributed by atoms with van der Waals surface area (Å²) in [6.45, 7) is 0. The third-order valence-corrected chi connectivity index (χ3v) is 2.04. The normalized spacial score (nSPS) is 10.3. The molecule has 1 N–H and O–H groups in total. The van der Waals surface area contributed by atoms with Crippen LogP contribution in [0.2, 0.25) is 0 Å². The molecule has 76 valence electrons. The number of aromatic nitrogens is 1. The van der Waals surface area contributed by atoms with E-state index in [2.05, 4.69) is 4.98 Å². The first kappa shape index (κ1) is 9.58. The van der Waals surface area contributed by atoms with Gasteiger partial charge in [0.2, 0.25) is 5.78 Å². The first-order valence-corrected chi connectivity index (χ1v) is 4.32. The molecule has 0 aliphatic carbocycles. The summed E-state index contributed by atoms with van der Waals surface area (Å²) in [4.78, 5) is 14.3. The molecule has 0 radical (unpaired) electrons. The molecule has 0 fully saturated rings. The number of aromatic amines is 1. The molecule has 0 aliphatic heterocycles. The lowest BCUT2D eigenvalue weighted by atomic mass is 10.1. The van der Waals surface area contributed by atoms with Crippen LogP contribution in [-0.4, -0.2) is 10.8 Å². The van der Waals surface area contributed by atoms with Crippen molar-refractivity contribution in [3.05, 3.63) is 59.4 Å². The first-order chi connectivity index (χ1) is 7.20. The van der Waals surface area contributed by atoms with E-state index < -0.39 is 17.4 Å². The molecular formula is C11H7F2NO. The number of carbonyl (C=O) groups is 1. The van der Waals surface area contributed by atoms with Crippen LogP contribution in [0.25, 0.3) is 0 Å². The zero-order valence-corrected chi connectivity index (χ0v) is 7.63. The van der Waals surface area contributed by atoms with Crippen LogP contribution in [0.4, 0.5) is 8.78 Å². The average molecular weight is 207 g/mol. The van der Waals surface area contributed by atoms with Gasteiger partial charge in [0, 0.05) is 6.20 Å². The number of nitrogens with one attached hydrogen (secondary N) is 1. The van der Waals surface area contributed by atoms with Crippen LogP contribution in [0, 0.1) is 11.6 Å². The molecule has 0 unspecified atom stereocenters. The highest BCUT2D eigenvalue weighted by molar-refractivity contribution is 6.07. The minimum atomic E-state index is -1.11. The Bertz CT molecular complexity index is 491. The molecule has 2 aromatic rings. The Kier molecular flexibility index (Phi) is 2.33. The van der Waals surface area contributed by atoms with Crippen molar-refractivity contribution in [3.8, 4) is 0 Å². The number of H-pyrrole nitrogens is 1. The van der Waals surface area contributed by atoms with E-state index in [1.807, 2.05) is 0 Å². The van der Waals surface area contributed by atoms with Crippen LogP contribution in [0.1, 0.15) is 16.1 Å². The minimum absolute atomic E-state index is 0.236. The summed E-state index contributed by atoms with van der Waals surface area (Å²) < 4.78 is 26.1. The van der Waals surface area contributed by atoms with E-state index in [4.69, 9.17) is 0 Å².